The maximum atomic E-state index is 5.01. The lowest BCUT2D eigenvalue weighted by atomic mass is 10.0. The van der Waals surface area contributed by atoms with Crippen LogP contribution in [0.5, 0.6) is 0 Å². The third-order valence-corrected chi connectivity index (χ3v) is 9.21. The number of hydrogen-bond acceptors (Lipinski definition) is 1. The van der Waals surface area contributed by atoms with Crippen LogP contribution in [0.4, 0.5) is 0 Å². The molecule has 0 amide bonds. The predicted molar refractivity (Wildman–Crippen MR) is 187 cm³/mol. The van der Waals surface area contributed by atoms with Gasteiger partial charge < -0.3 is 9.13 Å². The van der Waals surface area contributed by atoms with Crippen molar-refractivity contribution in [3.05, 3.63) is 158 Å². The van der Waals surface area contributed by atoms with Crippen LogP contribution in [-0.2, 0) is 0 Å². The standard InChI is InChI=1S/C41H26N4/c1-2-12-27(13-3-1)28-22-29(44-36-18-8-4-14-31(36)32-15-5-9-19-37(32)44)24-30(23-28)45-38-20-10-6-16-33(38)34-26-43-39-21-11-7-17-35(39)42-41(43)25-40(34)45/h1-26H. The van der Waals surface area contributed by atoms with Gasteiger partial charge in [0.25, 0.3) is 0 Å². The highest BCUT2D eigenvalue weighted by Crippen LogP contribution is 2.38. The molecule has 45 heavy (non-hydrogen) atoms. The second-order valence-corrected chi connectivity index (χ2v) is 11.7. The highest BCUT2D eigenvalue weighted by Gasteiger charge is 2.18. The minimum Gasteiger partial charge on any atom is -0.309 e. The topological polar surface area (TPSA) is 27.2 Å². The van der Waals surface area contributed by atoms with Gasteiger partial charge in [-0.05, 0) is 59.7 Å². The van der Waals surface area contributed by atoms with Crippen molar-refractivity contribution in [1.29, 1.82) is 0 Å². The third kappa shape index (κ3) is 3.51. The van der Waals surface area contributed by atoms with Gasteiger partial charge in [0.2, 0.25) is 0 Å². The van der Waals surface area contributed by atoms with Gasteiger partial charge in [-0.2, -0.15) is 0 Å². The summed E-state index contributed by atoms with van der Waals surface area (Å²) < 4.78 is 7.04. The second-order valence-electron chi connectivity index (χ2n) is 11.7. The van der Waals surface area contributed by atoms with E-state index < -0.39 is 0 Å². The Hall–Kier alpha value is -6.13. The van der Waals surface area contributed by atoms with E-state index in [0.717, 1.165) is 33.6 Å². The van der Waals surface area contributed by atoms with Crippen LogP contribution in [0.1, 0.15) is 0 Å². The zero-order chi connectivity index (χ0) is 29.5. The van der Waals surface area contributed by atoms with Crippen molar-refractivity contribution in [2.45, 2.75) is 0 Å². The van der Waals surface area contributed by atoms with Crippen molar-refractivity contribution < 1.29 is 0 Å². The summed E-state index contributed by atoms with van der Waals surface area (Å²) in [6.07, 6.45) is 2.26. The van der Waals surface area contributed by atoms with Gasteiger partial charge in [0.15, 0.2) is 0 Å². The zero-order valence-corrected chi connectivity index (χ0v) is 24.3. The molecule has 0 aliphatic heterocycles. The molecule has 0 aliphatic carbocycles. The van der Waals surface area contributed by atoms with Crippen molar-refractivity contribution in [3.8, 4) is 22.5 Å². The summed E-state index contributed by atoms with van der Waals surface area (Å²) in [5.74, 6) is 0. The van der Waals surface area contributed by atoms with E-state index in [-0.39, 0.29) is 0 Å². The molecule has 0 spiro atoms. The van der Waals surface area contributed by atoms with Gasteiger partial charge >= 0.3 is 0 Å². The summed E-state index contributed by atoms with van der Waals surface area (Å²) in [5.41, 5.74) is 12.3. The van der Waals surface area contributed by atoms with E-state index in [1.165, 1.54) is 49.2 Å². The second kappa shape index (κ2) is 9.18. The first-order valence-corrected chi connectivity index (χ1v) is 15.3. The highest BCUT2D eigenvalue weighted by molar-refractivity contribution is 6.11. The molecule has 0 saturated heterocycles. The van der Waals surface area contributed by atoms with Crippen molar-refractivity contribution in [2.24, 2.45) is 0 Å². The third-order valence-electron chi connectivity index (χ3n) is 9.21. The molecule has 6 aromatic carbocycles. The summed E-state index contributed by atoms with van der Waals surface area (Å²) in [6, 6.07) is 54.4. The number of para-hydroxylation sites is 5. The fourth-order valence-corrected chi connectivity index (χ4v) is 7.24. The summed E-state index contributed by atoms with van der Waals surface area (Å²) in [7, 11) is 0. The van der Waals surface area contributed by atoms with E-state index in [1.54, 1.807) is 0 Å². The number of pyridine rings is 1. The van der Waals surface area contributed by atoms with E-state index in [1.807, 2.05) is 0 Å². The first-order valence-electron chi connectivity index (χ1n) is 15.3. The van der Waals surface area contributed by atoms with Crippen molar-refractivity contribution >= 4 is 60.3 Å². The number of nitrogens with zero attached hydrogens (tertiary/aromatic N) is 4. The Morgan fingerprint density at radius 3 is 1.53 bits per heavy atom. The Morgan fingerprint density at radius 2 is 0.889 bits per heavy atom. The molecular formula is C41H26N4. The quantitative estimate of drug-likeness (QED) is 0.206. The molecule has 0 bridgehead atoms. The maximum absolute atomic E-state index is 5.01. The van der Waals surface area contributed by atoms with Gasteiger partial charge in [-0.1, -0.05) is 97.1 Å². The van der Waals surface area contributed by atoms with Crippen LogP contribution >= 0.6 is 0 Å². The lowest BCUT2D eigenvalue weighted by Gasteiger charge is -2.16. The van der Waals surface area contributed by atoms with Gasteiger partial charge in [0, 0.05) is 45.2 Å². The van der Waals surface area contributed by atoms with Crippen LogP contribution in [0, 0.1) is 0 Å². The summed E-state index contributed by atoms with van der Waals surface area (Å²) >= 11 is 0. The molecule has 0 unspecified atom stereocenters. The number of benzene rings is 6. The Labute approximate surface area is 258 Å². The molecule has 4 aromatic heterocycles. The Morgan fingerprint density at radius 1 is 0.378 bits per heavy atom. The van der Waals surface area contributed by atoms with Crippen LogP contribution in [0.2, 0.25) is 0 Å². The molecule has 10 aromatic rings. The molecule has 4 nitrogen and oxygen atoms in total. The molecular weight excluding hydrogens is 548 g/mol. The number of imidazole rings is 1. The lowest BCUT2D eigenvalue weighted by molar-refractivity contribution is 1.13. The van der Waals surface area contributed by atoms with E-state index >= 15 is 0 Å². The minimum atomic E-state index is 0.939. The fraction of sp³-hybridized carbons (Fsp3) is 0. The number of fused-ring (bicyclic) bond motifs is 9. The fourth-order valence-electron chi connectivity index (χ4n) is 7.24. The van der Waals surface area contributed by atoms with Gasteiger partial charge in [-0.15, -0.1) is 0 Å². The molecule has 0 saturated carbocycles. The molecule has 4 heterocycles. The summed E-state index contributed by atoms with van der Waals surface area (Å²) in [4.78, 5) is 5.01. The number of hydrogen-bond donors (Lipinski definition) is 0. The first kappa shape index (κ1) is 24.3. The van der Waals surface area contributed by atoms with Gasteiger partial charge in [0.1, 0.15) is 5.65 Å². The summed E-state index contributed by atoms with van der Waals surface area (Å²) in [5, 5.41) is 4.93. The first-order chi connectivity index (χ1) is 22.3. The van der Waals surface area contributed by atoms with E-state index in [0.29, 0.717) is 0 Å². The van der Waals surface area contributed by atoms with Crippen LogP contribution in [0.3, 0.4) is 0 Å². The van der Waals surface area contributed by atoms with Crippen LogP contribution in [-0.4, -0.2) is 18.5 Å². The average molecular weight is 575 g/mol. The highest BCUT2D eigenvalue weighted by atomic mass is 15.0. The monoisotopic (exact) mass is 574 g/mol. The lowest BCUT2D eigenvalue weighted by Crippen LogP contribution is -2.00. The predicted octanol–water partition coefficient (Wildman–Crippen LogP) is 10.3. The minimum absolute atomic E-state index is 0.939. The molecule has 10 rings (SSSR count). The Kier molecular flexibility index (Phi) is 4.96. The number of aromatic nitrogens is 4. The van der Waals surface area contributed by atoms with Crippen LogP contribution < -0.4 is 0 Å². The maximum Gasteiger partial charge on any atom is 0.140 e. The molecule has 0 N–H and O–H groups in total. The Balaban J connectivity index is 1.34. The molecule has 210 valence electrons. The van der Waals surface area contributed by atoms with Crippen molar-refractivity contribution in [3.63, 3.8) is 0 Å². The van der Waals surface area contributed by atoms with E-state index in [2.05, 4.69) is 171 Å². The molecule has 0 atom stereocenters. The zero-order valence-electron chi connectivity index (χ0n) is 24.3. The molecule has 4 heteroatoms. The molecule has 0 aliphatic rings. The Bertz CT molecular complexity index is 2710. The molecule has 0 radical (unpaired) electrons. The number of rotatable bonds is 3. The van der Waals surface area contributed by atoms with Gasteiger partial charge in [-0.25, -0.2) is 4.98 Å². The van der Waals surface area contributed by atoms with Crippen LogP contribution in [0.25, 0.3) is 82.8 Å². The summed E-state index contributed by atoms with van der Waals surface area (Å²) in [6.45, 7) is 0. The average Bonchev–Trinajstić information content (AvgIpc) is 3.75. The normalized spacial score (nSPS) is 12.0. The SMILES string of the molecule is c1ccc(-c2cc(-n3c4ccccc4c4ccccc43)cc(-n3c4ccccc4c4cn5c(cc43)nc3ccccc35)c2)cc1. The molecule has 0 fully saturated rings. The smallest absolute Gasteiger partial charge is 0.140 e. The van der Waals surface area contributed by atoms with Crippen LogP contribution in [0.15, 0.2) is 158 Å². The largest absolute Gasteiger partial charge is 0.309 e. The van der Waals surface area contributed by atoms with Gasteiger partial charge in [0.05, 0.1) is 33.1 Å². The van der Waals surface area contributed by atoms with Crippen molar-refractivity contribution in [2.75, 3.05) is 0 Å². The van der Waals surface area contributed by atoms with E-state index in [4.69, 9.17) is 4.98 Å². The van der Waals surface area contributed by atoms with E-state index in [9.17, 15) is 0 Å². The van der Waals surface area contributed by atoms with Crippen molar-refractivity contribution in [1.82, 2.24) is 18.5 Å². The van der Waals surface area contributed by atoms with Gasteiger partial charge in [-0.3, -0.25) is 4.40 Å².